The molecule has 50 valence electrons. The van der Waals surface area contributed by atoms with E-state index in [2.05, 4.69) is 28.1 Å². The van der Waals surface area contributed by atoms with E-state index in [0.29, 0.717) is 0 Å². The minimum Gasteiger partial charge on any atom is -0.331 e. The normalized spacial score (nSPS) is 9.50. The molecule has 0 amide bonds. The molecule has 0 N–H and O–H groups in total. The Morgan fingerprint density at radius 3 is 1.38 bits per heavy atom. The van der Waals surface area contributed by atoms with Crippen LogP contribution in [0.15, 0.2) is 0 Å². The molecular formula is C6H16NO+. The van der Waals surface area contributed by atoms with Crippen LogP contribution in [0.4, 0.5) is 0 Å². The van der Waals surface area contributed by atoms with Crippen molar-refractivity contribution in [1.29, 1.82) is 0 Å². The molecule has 0 saturated carbocycles. The number of hydrogen-bond donors (Lipinski definition) is 0. The van der Waals surface area contributed by atoms with Gasteiger partial charge in [-0.1, -0.05) is 0 Å². The van der Waals surface area contributed by atoms with Crippen LogP contribution in [-0.2, 0) is 4.79 Å². The summed E-state index contributed by atoms with van der Waals surface area (Å²) in [6.07, 6.45) is 0. The van der Waals surface area contributed by atoms with E-state index in [1.807, 2.05) is 6.79 Å². The van der Waals surface area contributed by atoms with Crippen molar-refractivity contribution in [1.82, 2.24) is 0 Å². The van der Waals surface area contributed by atoms with E-state index in [9.17, 15) is 0 Å². The van der Waals surface area contributed by atoms with Gasteiger partial charge < -0.3 is 9.28 Å². The smallest absolute Gasteiger partial charge is 0.106 e. The van der Waals surface area contributed by atoms with E-state index in [4.69, 9.17) is 4.79 Å². The lowest BCUT2D eigenvalue weighted by Crippen LogP contribution is -2.33. The molecule has 0 unspecified atom stereocenters. The first-order chi connectivity index (χ1) is 3.56. The molecule has 0 radical (unpaired) electrons. The van der Waals surface area contributed by atoms with Gasteiger partial charge in [0.1, 0.15) is 6.79 Å². The Morgan fingerprint density at radius 2 is 1.38 bits per heavy atom. The lowest BCUT2D eigenvalue weighted by atomic mass is 10.6. The number of quaternary nitrogens is 1. The van der Waals surface area contributed by atoms with Crippen LogP contribution in [0.3, 0.4) is 0 Å². The largest absolute Gasteiger partial charge is 0.331 e. The van der Waals surface area contributed by atoms with E-state index in [-0.39, 0.29) is 0 Å². The third kappa shape index (κ3) is 17.4. The van der Waals surface area contributed by atoms with Gasteiger partial charge in [0.25, 0.3) is 0 Å². The quantitative estimate of drug-likeness (QED) is 0.459. The summed E-state index contributed by atoms with van der Waals surface area (Å²) in [5.74, 6) is 0. The molecule has 0 bridgehead atoms. The summed E-state index contributed by atoms with van der Waals surface area (Å²) in [5.41, 5.74) is 0. The van der Waals surface area contributed by atoms with Crippen molar-refractivity contribution in [3.63, 3.8) is 0 Å². The highest BCUT2D eigenvalue weighted by atomic mass is 16.1. The lowest BCUT2D eigenvalue weighted by Gasteiger charge is -2.20. The predicted octanol–water partition coefficient (Wildman–Crippen LogP) is 0.528. The average Bonchev–Trinajstić information content (AvgIpc) is 1.71. The van der Waals surface area contributed by atoms with E-state index in [0.717, 1.165) is 4.48 Å². The summed E-state index contributed by atoms with van der Waals surface area (Å²) in [7, 11) is 6.54. The number of carbonyl (C=O) groups is 1. The van der Waals surface area contributed by atoms with E-state index in [1.54, 1.807) is 0 Å². The Labute approximate surface area is 51.7 Å². The van der Waals surface area contributed by atoms with Crippen molar-refractivity contribution in [3.8, 4) is 0 Å². The second kappa shape index (κ2) is 4.78. The van der Waals surface area contributed by atoms with Crippen LogP contribution in [0.2, 0.25) is 0 Å². The van der Waals surface area contributed by atoms with E-state index < -0.39 is 0 Å². The summed E-state index contributed by atoms with van der Waals surface area (Å²) in [4.78, 5) is 8.00. The van der Waals surface area contributed by atoms with Gasteiger partial charge in [0, 0.05) is 0 Å². The fraction of sp³-hybridized carbons (Fsp3) is 0.833. The van der Waals surface area contributed by atoms with Crippen LogP contribution < -0.4 is 0 Å². The Balaban J connectivity index is 0. The molecule has 0 saturated heterocycles. The molecule has 0 heterocycles. The first-order valence-electron chi connectivity index (χ1n) is 2.65. The average molecular weight is 118 g/mol. The fourth-order valence-electron chi connectivity index (χ4n) is 0. The standard InChI is InChI=1S/C5H14N.CH2O/c1-5-6(2,3)4;1-2/h5H2,1-4H3;1H2/q+1;. The molecule has 0 aromatic heterocycles. The van der Waals surface area contributed by atoms with Crippen molar-refractivity contribution in [2.24, 2.45) is 0 Å². The molecule has 0 atom stereocenters. The molecule has 2 heteroatoms. The molecule has 0 rings (SSSR count). The fourth-order valence-corrected chi connectivity index (χ4v) is 0. The first kappa shape index (κ1) is 10.6. The second-order valence-electron chi connectivity index (χ2n) is 2.61. The van der Waals surface area contributed by atoms with Gasteiger partial charge in [-0.25, -0.2) is 0 Å². The molecular weight excluding hydrogens is 102 g/mol. The van der Waals surface area contributed by atoms with Gasteiger partial charge in [-0.15, -0.1) is 0 Å². The highest BCUT2D eigenvalue weighted by Crippen LogP contribution is 1.83. The summed E-state index contributed by atoms with van der Waals surface area (Å²) in [6.45, 7) is 5.39. The maximum atomic E-state index is 8.00. The Morgan fingerprint density at radius 1 is 1.25 bits per heavy atom. The third-order valence-corrected chi connectivity index (χ3v) is 0.949. The number of nitrogens with zero attached hydrogens (tertiary/aromatic N) is 1. The zero-order valence-electron chi connectivity index (χ0n) is 6.27. The van der Waals surface area contributed by atoms with E-state index >= 15 is 0 Å². The number of rotatable bonds is 1. The van der Waals surface area contributed by atoms with Gasteiger partial charge >= 0.3 is 0 Å². The van der Waals surface area contributed by atoms with Crippen LogP contribution in [0.5, 0.6) is 0 Å². The highest BCUT2D eigenvalue weighted by molar-refractivity contribution is 5.10. The maximum absolute atomic E-state index is 8.00. The molecule has 0 spiro atoms. The van der Waals surface area contributed by atoms with Crippen molar-refractivity contribution in [2.45, 2.75) is 6.92 Å². The molecule has 8 heavy (non-hydrogen) atoms. The summed E-state index contributed by atoms with van der Waals surface area (Å²) in [6, 6.07) is 0. The van der Waals surface area contributed by atoms with Gasteiger partial charge in [0.15, 0.2) is 0 Å². The Kier molecular flexibility index (Phi) is 6.32. The van der Waals surface area contributed by atoms with Crippen LogP contribution in [0.1, 0.15) is 6.92 Å². The monoisotopic (exact) mass is 118 g/mol. The first-order valence-corrected chi connectivity index (χ1v) is 2.65. The molecule has 0 aliphatic heterocycles. The molecule has 0 aromatic rings. The maximum Gasteiger partial charge on any atom is 0.106 e. The van der Waals surface area contributed by atoms with Crippen LogP contribution in [0.25, 0.3) is 0 Å². The van der Waals surface area contributed by atoms with Crippen LogP contribution in [0, 0.1) is 0 Å². The minimum atomic E-state index is 1.07. The predicted molar refractivity (Wildman–Crippen MR) is 35.7 cm³/mol. The summed E-state index contributed by atoms with van der Waals surface area (Å²) in [5, 5.41) is 0. The van der Waals surface area contributed by atoms with Crippen molar-refractivity contribution in [2.75, 3.05) is 27.7 Å². The SMILES string of the molecule is C=O.CC[N+](C)(C)C. The Hall–Kier alpha value is -0.370. The number of carbonyl (C=O) groups excluding carboxylic acids is 1. The van der Waals surface area contributed by atoms with Gasteiger partial charge in [-0.2, -0.15) is 0 Å². The zero-order chi connectivity index (χ0) is 7.21. The van der Waals surface area contributed by atoms with Crippen molar-refractivity contribution >= 4 is 6.79 Å². The van der Waals surface area contributed by atoms with E-state index in [1.165, 1.54) is 6.54 Å². The zero-order valence-corrected chi connectivity index (χ0v) is 6.27. The second-order valence-corrected chi connectivity index (χ2v) is 2.61. The molecule has 0 aliphatic rings. The van der Waals surface area contributed by atoms with Gasteiger partial charge in [0.2, 0.25) is 0 Å². The van der Waals surface area contributed by atoms with Crippen molar-refractivity contribution in [3.05, 3.63) is 0 Å². The molecule has 2 nitrogen and oxygen atoms in total. The summed E-state index contributed by atoms with van der Waals surface area (Å²) < 4.78 is 1.07. The van der Waals surface area contributed by atoms with Gasteiger partial charge in [-0.05, 0) is 6.92 Å². The lowest BCUT2D eigenvalue weighted by molar-refractivity contribution is -0.868. The number of hydrogen-bond acceptors (Lipinski definition) is 1. The third-order valence-electron chi connectivity index (χ3n) is 0.949. The molecule has 0 aliphatic carbocycles. The van der Waals surface area contributed by atoms with Crippen molar-refractivity contribution < 1.29 is 9.28 Å². The molecule has 0 aromatic carbocycles. The van der Waals surface area contributed by atoms with Crippen LogP contribution >= 0.6 is 0 Å². The highest BCUT2D eigenvalue weighted by Gasteiger charge is 1.97. The molecule has 0 fully saturated rings. The summed E-state index contributed by atoms with van der Waals surface area (Å²) >= 11 is 0. The van der Waals surface area contributed by atoms with Crippen LogP contribution in [-0.4, -0.2) is 39.0 Å². The Bertz CT molecular complexity index is 47.0. The van der Waals surface area contributed by atoms with Gasteiger partial charge in [-0.3, -0.25) is 0 Å². The van der Waals surface area contributed by atoms with Gasteiger partial charge in [0.05, 0.1) is 27.7 Å². The minimum absolute atomic E-state index is 1.07. The topological polar surface area (TPSA) is 17.1 Å².